The predicted octanol–water partition coefficient (Wildman–Crippen LogP) is 3.39. The van der Waals surface area contributed by atoms with E-state index in [4.69, 9.17) is 23.2 Å². The first kappa shape index (κ1) is 14.6. The molecule has 2 aromatic carbocycles. The Labute approximate surface area is 134 Å². The van der Waals surface area contributed by atoms with Crippen molar-refractivity contribution in [2.75, 3.05) is 0 Å². The zero-order valence-electron chi connectivity index (χ0n) is 11.0. The van der Waals surface area contributed by atoms with Crippen LogP contribution >= 0.6 is 23.2 Å². The minimum absolute atomic E-state index is 0.204. The summed E-state index contributed by atoms with van der Waals surface area (Å²) in [5.41, 5.74) is -0.322. The number of halogens is 2. The Morgan fingerprint density at radius 1 is 1.05 bits per heavy atom. The van der Waals surface area contributed by atoms with Gasteiger partial charge in [-0.1, -0.05) is 23.2 Å². The number of benzene rings is 2. The van der Waals surface area contributed by atoms with E-state index in [0.717, 1.165) is 4.68 Å². The molecule has 0 amide bonds. The van der Waals surface area contributed by atoms with Gasteiger partial charge >= 0.3 is 5.97 Å². The molecule has 5 nitrogen and oxygen atoms in total. The molecule has 22 heavy (non-hydrogen) atoms. The van der Waals surface area contributed by atoms with E-state index in [0.29, 0.717) is 21.2 Å². The molecule has 7 heteroatoms. The van der Waals surface area contributed by atoms with Crippen LogP contribution in [0, 0.1) is 0 Å². The topological polar surface area (TPSA) is 72.2 Å². The van der Waals surface area contributed by atoms with Gasteiger partial charge in [-0.15, -0.1) is 0 Å². The number of carbonyl (C=O) groups is 1. The van der Waals surface area contributed by atoms with Gasteiger partial charge in [0.05, 0.1) is 11.2 Å². The lowest BCUT2D eigenvalue weighted by Crippen LogP contribution is -2.27. The molecule has 110 valence electrons. The number of nitrogens with zero attached hydrogens (tertiary/aromatic N) is 2. The Morgan fingerprint density at radius 3 is 2.32 bits per heavy atom. The van der Waals surface area contributed by atoms with Crippen LogP contribution in [0.25, 0.3) is 16.6 Å². The first-order valence-corrected chi connectivity index (χ1v) is 6.95. The quantitative estimate of drug-likeness (QED) is 0.779. The van der Waals surface area contributed by atoms with E-state index in [2.05, 4.69) is 5.10 Å². The van der Waals surface area contributed by atoms with Crippen LogP contribution in [0.3, 0.4) is 0 Å². The minimum atomic E-state index is -1.33. The van der Waals surface area contributed by atoms with Gasteiger partial charge in [0, 0.05) is 15.4 Å². The van der Waals surface area contributed by atoms with Crippen molar-refractivity contribution in [3.05, 3.63) is 68.4 Å². The highest BCUT2D eigenvalue weighted by atomic mass is 35.5. The number of carboxylic acid groups (broad SMARTS) is 1. The summed E-state index contributed by atoms with van der Waals surface area (Å²) in [5, 5.41) is 14.6. The number of aromatic carboxylic acids is 1. The second-order valence-electron chi connectivity index (χ2n) is 4.53. The number of carboxylic acids is 1. The average molecular weight is 335 g/mol. The lowest BCUT2D eigenvalue weighted by atomic mass is 10.1. The van der Waals surface area contributed by atoms with E-state index < -0.39 is 11.5 Å². The molecule has 0 atom stereocenters. The van der Waals surface area contributed by atoms with Gasteiger partial charge in [0.2, 0.25) is 0 Å². The van der Waals surface area contributed by atoms with Crippen LogP contribution in [0.4, 0.5) is 0 Å². The summed E-state index contributed by atoms with van der Waals surface area (Å²) >= 11 is 11.7. The highest BCUT2D eigenvalue weighted by molar-refractivity contribution is 6.31. The molecule has 0 unspecified atom stereocenters. The van der Waals surface area contributed by atoms with Crippen molar-refractivity contribution in [1.82, 2.24) is 9.78 Å². The third kappa shape index (κ3) is 2.45. The number of aromatic nitrogens is 2. The molecular formula is C15H8Cl2N2O3. The fraction of sp³-hybridized carbons (Fsp3) is 0. The SMILES string of the molecule is O=C(O)c1c(=O)n(-c2ccc(Cl)cc2)nc2ccc(Cl)cc12. The van der Waals surface area contributed by atoms with Crippen LogP contribution in [-0.4, -0.2) is 20.9 Å². The van der Waals surface area contributed by atoms with Gasteiger partial charge in [-0.25, -0.2) is 4.79 Å². The summed E-state index contributed by atoms with van der Waals surface area (Å²) in [7, 11) is 0. The molecule has 0 radical (unpaired) electrons. The second-order valence-corrected chi connectivity index (χ2v) is 5.41. The summed E-state index contributed by atoms with van der Waals surface area (Å²) in [5.74, 6) is -1.33. The minimum Gasteiger partial charge on any atom is -0.477 e. The fourth-order valence-corrected chi connectivity index (χ4v) is 2.43. The van der Waals surface area contributed by atoms with Gasteiger partial charge in [0.15, 0.2) is 0 Å². The summed E-state index contributed by atoms with van der Waals surface area (Å²) in [6, 6.07) is 10.9. The van der Waals surface area contributed by atoms with Crippen LogP contribution < -0.4 is 5.56 Å². The van der Waals surface area contributed by atoms with Crippen molar-refractivity contribution in [3.8, 4) is 5.69 Å². The molecule has 0 aliphatic rings. The van der Waals surface area contributed by atoms with E-state index in [1.807, 2.05) is 0 Å². The zero-order valence-corrected chi connectivity index (χ0v) is 12.5. The summed E-state index contributed by atoms with van der Waals surface area (Å²) in [4.78, 5) is 23.9. The lowest BCUT2D eigenvalue weighted by Gasteiger charge is -2.09. The summed E-state index contributed by atoms with van der Waals surface area (Å²) in [6.07, 6.45) is 0. The highest BCUT2D eigenvalue weighted by Gasteiger charge is 2.18. The van der Waals surface area contributed by atoms with Crippen LogP contribution in [0.5, 0.6) is 0 Å². The van der Waals surface area contributed by atoms with Gasteiger partial charge in [0.25, 0.3) is 5.56 Å². The first-order chi connectivity index (χ1) is 10.5. The normalized spacial score (nSPS) is 10.8. The molecular weight excluding hydrogens is 327 g/mol. The largest absolute Gasteiger partial charge is 0.477 e. The monoisotopic (exact) mass is 334 g/mol. The smallest absolute Gasteiger partial charge is 0.342 e. The third-order valence-corrected chi connectivity index (χ3v) is 3.61. The maximum absolute atomic E-state index is 12.5. The molecule has 0 spiro atoms. The van der Waals surface area contributed by atoms with Crippen molar-refractivity contribution >= 4 is 40.1 Å². The molecule has 3 rings (SSSR count). The Hall–Kier alpha value is -2.37. The molecule has 0 saturated carbocycles. The first-order valence-electron chi connectivity index (χ1n) is 6.19. The molecule has 1 aromatic heterocycles. The maximum atomic E-state index is 12.5. The molecule has 0 aliphatic heterocycles. The Morgan fingerprint density at radius 2 is 1.68 bits per heavy atom. The van der Waals surface area contributed by atoms with Gasteiger partial charge < -0.3 is 5.11 Å². The van der Waals surface area contributed by atoms with Gasteiger partial charge in [-0.2, -0.15) is 9.78 Å². The van der Waals surface area contributed by atoms with Gasteiger partial charge in [-0.05, 0) is 42.5 Å². The Bertz CT molecular complexity index is 949. The van der Waals surface area contributed by atoms with E-state index >= 15 is 0 Å². The molecule has 1 heterocycles. The zero-order chi connectivity index (χ0) is 15.9. The van der Waals surface area contributed by atoms with E-state index in [1.54, 1.807) is 36.4 Å². The van der Waals surface area contributed by atoms with Crippen LogP contribution in [0.1, 0.15) is 10.4 Å². The van der Waals surface area contributed by atoms with E-state index in [9.17, 15) is 14.7 Å². The third-order valence-electron chi connectivity index (χ3n) is 3.13. The fourth-order valence-electron chi connectivity index (χ4n) is 2.13. The van der Waals surface area contributed by atoms with Crippen molar-refractivity contribution in [2.24, 2.45) is 0 Å². The molecule has 3 aromatic rings. The van der Waals surface area contributed by atoms with Crippen molar-refractivity contribution in [1.29, 1.82) is 0 Å². The molecule has 0 bridgehead atoms. The van der Waals surface area contributed by atoms with Gasteiger partial charge in [-0.3, -0.25) is 4.79 Å². The van der Waals surface area contributed by atoms with Crippen LogP contribution in [0.15, 0.2) is 47.3 Å². The van der Waals surface area contributed by atoms with Crippen molar-refractivity contribution < 1.29 is 9.90 Å². The van der Waals surface area contributed by atoms with Crippen LogP contribution in [-0.2, 0) is 0 Å². The standard InChI is InChI=1S/C15H8Cl2N2O3/c16-8-1-4-10(5-2-8)19-14(20)13(15(21)22)11-7-9(17)3-6-12(11)18-19/h1-7H,(H,21,22). The summed E-state index contributed by atoms with van der Waals surface area (Å²) < 4.78 is 1.04. The number of fused-ring (bicyclic) bond motifs is 1. The summed E-state index contributed by atoms with van der Waals surface area (Å²) in [6.45, 7) is 0. The number of hydrogen-bond donors (Lipinski definition) is 1. The molecule has 0 fully saturated rings. The second kappa shape index (κ2) is 5.44. The van der Waals surface area contributed by atoms with E-state index in [1.165, 1.54) is 6.07 Å². The van der Waals surface area contributed by atoms with Crippen molar-refractivity contribution in [3.63, 3.8) is 0 Å². The number of hydrogen-bond acceptors (Lipinski definition) is 3. The van der Waals surface area contributed by atoms with E-state index in [-0.39, 0.29) is 10.9 Å². The maximum Gasteiger partial charge on any atom is 0.342 e. The Balaban J connectivity index is 2.40. The predicted molar refractivity (Wildman–Crippen MR) is 84.3 cm³/mol. The van der Waals surface area contributed by atoms with Gasteiger partial charge in [0.1, 0.15) is 5.56 Å². The molecule has 0 aliphatic carbocycles. The Kier molecular flexibility index (Phi) is 3.60. The average Bonchev–Trinajstić information content (AvgIpc) is 2.47. The highest BCUT2D eigenvalue weighted by Crippen LogP contribution is 2.20. The molecule has 1 N–H and O–H groups in total. The van der Waals surface area contributed by atoms with Crippen LogP contribution in [0.2, 0.25) is 10.0 Å². The number of rotatable bonds is 2. The van der Waals surface area contributed by atoms with Crippen molar-refractivity contribution in [2.45, 2.75) is 0 Å². The molecule has 0 saturated heterocycles. The lowest BCUT2D eigenvalue weighted by molar-refractivity contribution is 0.0696.